The number of rotatable bonds is 5. The van der Waals surface area contributed by atoms with E-state index in [-0.39, 0.29) is 11.3 Å². The van der Waals surface area contributed by atoms with Gasteiger partial charge in [-0.15, -0.1) is 0 Å². The summed E-state index contributed by atoms with van der Waals surface area (Å²) in [6.07, 6.45) is 8.84. The molecule has 1 amide bonds. The molecule has 1 N–H and O–H groups in total. The zero-order valence-corrected chi connectivity index (χ0v) is 20.9. The fourth-order valence-electron chi connectivity index (χ4n) is 7.63. The minimum Gasteiger partial charge on any atom is -0.369 e. The molecule has 0 saturated heterocycles. The summed E-state index contributed by atoms with van der Waals surface area (Å²) in [4.78, 5) is 25.9. The van der Waals surface area contributed by atoms with E-state index in [0.717, 1.165) is 65.7 Å². The second kappa shape index (κ2) is 8.35. The molecule has 4 fully saturated rings. The number of hydrogen-bond donors (Lipinski definition) is 1. The number of aryl methyl sites for hydroxylation is 1. The van der Waals surface area contributed by atoms with Crippen LogP contribution in [0.15, 0.2) is 24.3 Å². The van der Waals surface area contributed by atoms with Crippen molar-refractivity contribution in [3.8, 4) is 0 Å². The number of carbonyl (C=O) groups is 1. The normalized spacial score (nSPS) is 29.4. The minimum atomic E-state index is 0.112. The van der Waals surface area contributed by atoms with Gasteiger partial charge < -0.3 is 10.2 Å². The highest BCUT2D eigenvalue weighted by Crippen LogP contribution is 2.60. The molecule has 0 atom stereocenters. The highest BCUT2D eigenvalue weighted by atomic mass is 16.2. The van der Waals surface area contributed by atoms with E-state index in [1.54, 1.807) is 0 Å². The second-order valence-electron chi connectivity index (χ2n) is 12.1. The van der Waals surface area contributed by atoms with Gasteiger partial charge in [-0.3, -0.25) is 4.79 Å². The SMILES string of the molecule is Cc1cccc(C(=O)N2CCc3c(nc(C45CC6CC(CC(C6)C4)C5)nc3NCC(C)C)C2)c1. The van der Waals surface area contributed by atoms with Crippen LogP contribution in [0, 0.1) is 30.6 Å². The standard InChI is InChI=1S/C29H38N4O/c1-18(2)16-30-26-24-7-8-33(27(34)23-6-4-5-19(3)9-23)17-25(24)31-28(32-26)29-13-20-10-21(14-29)12-22(11-20)15-29/h4-6,9,18,20-22H,7-8,10-17H2,1-3H3,(H,30,31,32). The summed E-state index contributed by atoms with van der Waals surface area (Å²) in [7, 11) is 0. The molecule has 5 aliphatic rings. The van der Waals surface area contributed by atoms with Crippen LogP contribution in [0.4, 0.5) is 5.82 Å². The zero-order valence-electron chi connectivity index (χ0n) is 20.9. The Kier molecular flexibility index (Phi) is 5.42. The lowest BCUT2D eigenvalue weighted by Gasteiger charge is -2.56. The Bertz CT molecular complexity index is 1070. The summed E-state index contributed by atoms with van der Waals surface area (Å²) in [5, 5.41) is 3.67. The molecule has 0 unspecified atom stereocenters. The van der Waals surface area contributed by atoms with Crippen molar-refractivity contribution < 1.29 is 4.79 Å². The molecule has 5 nitrogen and oxygen atoms in total. The summed E-state index contributed by atoms with van der Waals surface area (Å²) >= 11 is 0. The number of fused-ring (bicyclic) bond motifs is 1. The predicted molar refractivity (Wildman–Crippen MR) is 135 cm³/mol. The zero-order chi connectivity index (χ0) is 23.4. The Morgan fingerprint density at radius 3 is 2.47 bits per heavy atom. The van der Waals surface area contributed by atoms with Crippen molar-refractivity contribution >= 4 is 11.7 Å². The van der Waals surface area contributed by atoms with Gasteiger partial charge in [-0.2, -0.15) is 0 Å². The minimum absolute atomic E-state index is 0.112. The van der Waals surface area contributed by atoms with E-state index >= 15 is 0 Å². The maximum absolute atomic E-state index is 13.3. The van der Waals surface area contributed by atoms with Crippen LogP contribution < -0.4 is 5.32 Å². The predicted octanol–water partition coefficient (Wildman–Crippen LogP) is 5.52. The van der Waals surface area contributed by atoms with Crippen molar-refractivity contribution in [1.29, 1.82) is 0 Å². The topological polar surface area (TPSA) is 58.1 Å². The first-order chi connectivity index (χ1) is 16.4. The van der Waals surface area contributed by atoms with E-state index in [4.69, 9.17) is 9.97 Å². The van der Waals surface area contributed by atoms with Crippen LogP contribution in [0.1, 0.15) is 85.4 Å². The molecule has 1 aromatic heterocycles. The average Bonchev–Trinajstić information content (AvgIpc) is 2.80. The third-order valence-electron chi connectivity index (χ3n) is 8.81. The van der Waals surface area contributed by atoms with E-state index in [1.165, 1.54) is 44.1 Å². The molecule has 1 aliphatic heterocycles. The monoisotopic (exact) mass is 458 g/mol. The fourth-order valence-corrected chi connectivity index (χ4v) is 7.63. The van der Waals surface area contributed by atoms with Gasteiger partial charge in [-0.25, -0.2) is 9.97 Å². The molecule has 2 heterocycles. The Morgan fingerprint density at radius 2 is 1.82 bits per heavy atom. The number of hydrogen-bond acceptors (Lipinski definition) is 4. The van der Waals surface area contributed by atoms with Gasteiger partial charge in [0.2, 0.25) is 0 Å². The number of amides is 1. The summed E-state index contributed by atoms with van der Waals surface area (Å²) in [5.41, 5.74) is 4.34. The number of carbonyl (C=O) groups excluding carboxylic acids is 1. The van der Waals surface area contributed by atoms with Gasteiger partial charge in [0, 0.05) is 29.6 Å². The third-order valence-corrected chi connectivity index (χ3v) is 8.81. The molecule has 4 saturated carbocycles. The molecule has 1 aromatic carbocycles. The number of anilines is 1. The van der Waals surface area contributed by atoms with Gasteiger partial charge in [0.15, 0.2) is 0 Å². The molecule has 0 spiro atoms. The second-order valence-corrected chi connectivity index (χ2v) is 12.1. The summed E-state index contributed by atoms with van der Waals surface area (Å²) < 4.78 is 0. The lowest BCUT2D eigenvalue weighted by atomic mass is 9.49. The van der Waals surface area contributed by atoms with Crippen LogP contribution in [-0.2, 0) is 18.4 Å². The maximum Gasteiger partial charge on any atom is 0.254 e. The smallest absolute Gasteiger partial charge is 0.254 e. The van der Waals surface area contributed by atoms with Crippen molar-refractivity contribution in [2.45, 2.75) is 77.7 Å². The Labute approximate surface area is 203 Å². The molecule has 7 rings (SSSR count). The molecule has 0 radical (unpaired) electrons. The van der Waals surface area contributed by atoms with E-state index < -0.39 is 0 Å². The fraction of sp³-hybridized carbons (Fsp3) is 0.621. The average molecular weight is 459 g/mol. The van der Waals surface area contributed by atoms with E-state index in [9.17, 15) is 4.79 Å². The molecular formula is C29H38N4O. The third kappa shape index (κ3) is 3.91. The van der Waals surface area contributed by atoms with E-state index in [0.29, 0.717) is 12.5 Å². The molecule has 4 bridgehead atoms. The first-order valence-electron chi connectivity index (χ1n) is 13.4. The van der Waals surface area contributed by atoms with Crippen LogP contribution in [0.2, 0.25) is 0 Å². The quantitative estimate of drug-likeness (QED) is 0.641. The Balaban J connectivity index is 1.35. The Morgan fingerprint density at radius 1 is 1.12 bits per heavy atom. The van der Waals surface area contributed by atoms with Crippen molar-refractivity contribution in [2.24, 2.45) is 23.7 Å². The van der Waals surface area contributed by atoms with Crippen LogP contribution in [0.3, 0.4) is 0 Å². The van der Waals surface area contributed by atoms with Gasteiger partial charge in [0.25, 0.3) is 5.91 Å². The molecule has 180 valence electrons. The van der Waals surface area contributed by atoms with Gasteiger partial charge in [-0.1, -0.05) is 31.5 Å². The molecule has 34 heavy (non-hydrogen) atoms. The summed E-state index contributed by atoms with van der Waals surface area (Å²) in [5.74, 6) is 5.35. The van der Waals surface area contributed by atoms with Gasteiger partial charge >= 0.3 is 0 Å². The number of aromatic nitrogens is 2. The summed E-state index contributed by atoms with van der Waals surface area (Å²) in [6.45, 7) is 8.73. The highest BCUT2D eigenvalue weighted by Gasteiger charge is 2.53. The maximum atomic E-state index is 13.3. The highest BCUT2D eigenvalue weighted by molar-refractivity contribution is 5.94. The van der Waals surface area contributed by atoms with Crippen LogP contribution in [0.5, 0.6) is 0 Å². The first kappa shape index (κ1) is 22.1. The van der Waals surface area contributed by atoms with Gasteiger partial charge in [0.05, 0.1) is 12.2 Å². The molecule has 2 aromatic rings. The molecule has 5 heteroatoms. The van der Waals surface area contributed by atoms with Crippen LogP contribution in [0.25, 0.3) is 0 Å². The van der Waals surface area contributed by atoms with Crippen molar-refractivity contribution in [3.63, 3.8) is 0 Å². The summed E-state index contributed by atoms with van der Waals surface area (Å²) in [6, 6.07) is 7.94. The number of nitrogens with zero attached hydrogens (tertiary/aromatic N) is 3. The van der Waals surface area contributed by atoms with E-state index in [1.807, 2.05) is 36.1 Å². The van der Waals surface area contributed by atoms with Gasteiger partial charge in [0.1, 0.15) is 11.6 Å². The molecule has 4 aliphatic carbocycles. The first-order valence-corrected chi connectivity index (χ1v) is 13.4. The van der Waals surface area contributed by atoms with Crippen molar-refractivity contribution in [2.75, 3.05) is 18.4 Å². The van der Waals surface area contributed by atoms with Crippen molar-refractivity contribution in [3.05, 3.63) is 52.5 Å². The Hall–Kier alpha value is -2.43. The number of benzene rings is 1. The van der Waals surface area contributed by atoms with E-state index in [2.05, 4.69) is 19.2 Å². The largest absolute Gasteiger partial charge is 0.369 e. The lowest BCUT2D eigenvalue weighted by molar-refractivity contribution is -0.00953. The van der Waals surface area contributed by atoms with Crippen molar-refractivity contribution in [1.82, 2.24) is 14.9 Å². The van der Waals surface area contributed by atoms with Crippen LogP contribution >= 0.6 is 0 Å². The molecular weight excluding hydrogens is 420 g/mol. The van der Waals surface area contributed by atoms with Gasteiger partial charge in [-0.05, 0) is 87.7 Å². The van der Waals surface area contributed by atoms with Crippen LogP contribution in [-0.4, -0.2) is 33.9 Å². The lowest BCUT2D eigenvalue weighted by Crippen LogP contribution is -2.49. The number of nitrogens with one attached hydrogen (secondary N) is 1.